The summed E-state index contributed by atoms with van der Waals surface area (Å²) < 4.78 is 0. The smallest absolute Gasteiger partial charge is 0.255 e. The zero-order valence-corrected chi connectivity index (χ0v) is 11.4. The van der Waals surface area contributed by atoms with Crippen molar-refractivity contribution in [2.75, 3.05) is 39.3 Å². The summed E-state index contributed by atoms with van der Waals surface area (Å²) in [6, 6.07) is 3.64. The van der Waals surface area contributed by atoms with Gasteiger partial charge in [-0.05, 0) is 32.0 Å². The van der Waals surface area contributed by atoms with Crippen LogP contribution in [0.1, 0.15) is 22.5 Å². The molecule has 1 N–H and O–H groups in total. The lowest BCUT2D eigenvalue weighted by atomic mass is 10.2. The van der Waals surface area contributed by atoms with Gasteiger partial charge < -0.3 is 10.0 Å². The fourth-order valence-corrected chi connectivity index (χ4v) is 2.42. The molecule has 1 aromatic heterocycles. The highest BCUT2D eigenvalue weighted by molar-refractivity contribution is 5.95. The Hall–Kier alpha value is -1.46. The lowest BCUT2D eigenvalue weighted by molar-refractivity contribution is 0.0759. The highest BCUT2D eigenvalue weighted by atomic mass is 16.3. The van der Waals surface area contributed by atoms with Gasteiger partial charge in [0.05, 0.1) is 12.2 Å². The highest BCUT2D eigenvalue weighted by Gasteiger charge is 2.21. The van der Waals surface area contributed by atoms with Crippen molar-refractivity contribution in [2.24, 2.45) is 0 Å². The van der Waals surface area contributed by atoms with Gasteiger partial charge in [-0.25, -0.2) is 0 Å². The number of hydrogen-bond acceptors (Lipinski definition) is 4. The Morgan fingerprint density at radius 1 is 1.37 bits per heavy atom. The molecule has 0 spiro atoms. The maximum atomic E-state index is 12.5. The molecule has 0 saturated carbocycles. The Bertz CT molecular complexity index is 436. The zero-order valence-electron chi connectivity index (χ0n) is 11.4. The number of aliphatic hydroxyl groups is 1. The van der Waals surface area contributed by atoms with Crippen molar-refractivity contribution in [3.63, 3.8) is 0 Å². The molecule has 5 heteroatoms. The minimum atomic E-state index is 0.0662. The Morgan fingerprint density at radius 2 is 2.21 bits per heavy atom. The van der Waals surface area contributed by atoms with E-state index in [0.717, 1.165) is 31.7 Å². The summed E-state index contributed by atoms with van der Waals surface area (Å²) in [6.45, 7) is 5.98. The Morgan fingerprint density at radius 3 is 2.95 bits per heavy atom. The van der Waals surface area contributed by atoms with Crippen LogP contribution in [0.25, 0.3) is 0 Å². The molecule has 0 bridgehead atoms. The van der Waals surface area contributed by atoms with Crippen LogP contribution >= 0.6 is 0 Å². The summed E-state index contributed by atoms with van der Waals surface area (Å²) in [5.74, 6) is 0.0662. The fourth-order valence-electron chi connectivity index (χ4n) is 2.42. The summed E-state index contributed by atoms with van der Waals surface area (Å²) >= 11 is 0. The van der Waals surface area contributed by atoms with Crippen LogP contribution < -0.4 is 0 Å². The topological polar surface area (TPSA) is 56.7 Å². The van der Waals surface area contributed by atoms with Crippen molar-refractivity contribution in [3.8, 4) is 0 Å². The second-order valence-electron chi connectivity index (χ2n) is 4.85. The lowest BCUT2D eigenvalue weighted by Gasteiger charge is -2.22. The predicted octanol–water partition coefficient (Wildman–Crippen LogP) is 0.530. The molecule has 0 radical (unpaired) electrons. The van der Waals surface area contributed by atoms with Gasteiger partial charge in [-0.1, -0.05) is 0 Å². The first-order valence-electron chi connectivity index (χ1n) is 6.76. The molecule has 0 atom stereocenters. The van der Waals surface area contributed by atoms with E-state index in [9.17, 15) is 4.79 Å². The maximum Gasteiger partial charge on any atom is 0.255 e. The lowest BCUT2D eigenvalue weighted by Crippen LogP contribution is -2.36. The standard InChI is InChI=1S/C14H21N3O2/c1-12-13(4-2-5-15-12)14(19)17-7-3-6-16(8-9-17)10-11-18/h2,4-5,18H,3,6-11H2,1H3. The molecule has 0 aliphatic carbocycles. The van der Waals surface area contributed by atoms with E-state index >= 15 is 0 Å². The van der Waals surface area contributed by atoms with Crippen molar-refractivity contribution in [1.29, 1.82) is 0 Å². The second-order valence-corrected chi connectivity index (χ2v) is 4.85. The highest BCUT2D eigenvalue weighted by Crippen LogP contribution is 2.11. The van der Waals surface area contributed by atoms with Gasteiger partial charge in [-0.3, -0.25) is 14.7 Å². The third kappa shape index (κ3) is 3.52. The zero-order chi connectivity index (χ0) is 13.7. The van der Waals surface area contributed by atoms with Crippen LogP contribution in [0.2, 0.25) is 0 Å². The molecule has 1 aliphatic heterocycles. The molecular formula is C14H21N3O2. The van der Waals surface area contributed by atoms with Gasteiger partial charge in [0.15, 0.2) is 0 Å². The van der Waals surface area contributed by atoms with Crippen molar-refractivity contribution in [2.45, 2.75) is 13.3 Å². The summed E-state index contributed by atoms with van der Waals surface area (Å²) in [5, 5.41) is 8.97. The average Bonchev–Trinajstić information content (AvgIpc) is 2.65. The third-order valence-corrected chi connectivity index (χ3v) is 3.53. The molecule has 19 heavy (non-hydrogen) atoms. The Kier molecular flexibility index (Phi) is 4.87. The molecule has 1 saturated heterocycles. The molecule has 2 heterocycles. The van der Waals surface area contributed by atoms with E-state index in [-0.39, 0.29) is 12.5 Å². The van der Waals surface area contributed by atoms with Crippen molar-refractivity contribution < 1.29 is 9.90 Å². The van der Waals surface area contributed by atoms with Gasteiger partial charge >= 0.3 is 0 Å². The molecule has 1 amide bonds. The van der Waals surface area contributed by atoms with Gasteiger partial charge in [0.1, 0.15) is 0 Å². The van der Waals surface area contributed by atoms with Gasteiger partial charge in [0.2, 0.25) is 0 Å². The number of aryl methyl sites for hydroxylation is 1. The summed E-state index contributed by atoms with van der Waals surface area (Å²) in [6.07, 6.45) is 2.66. The first kappa shape index (κ1) is 14.0. The molecule has 1 aliphatic rings. The van der Waals surface area contributed by atoms with Gasteiger partial charge in [0.25, 0.3) is 5.91 Å². The van der Waals surface area contributed by atoms with Crippen molar-refractivity contribution in [1.82, 2.24) is 14.8 Å². The number of carbonyl (C=O) groups is 1. The van der Waals surface area contributed by atoms with Crippen LogP contribution in [0, 0.1) is 6.92 Å². The maximum absolute atomic E-state index is 12.5. The van der Waals surface area contributed by atoms with Crippen LogP contribution in [0.15, 0.2) is 18.3 Å². The molecule has 0 aromatic carbocycles. The fraction of sp³-hybridized carbons (Fsp3) is 0.571. The monoisotopic (exact) mass is 263 g/mol. The van der Waals surface area contributed by atoms with E-state index < -0.39 is 0 Å². The number of β-amino-alcohol motifs (C(OH)–C–C–N with tert-alkyl or cyclic N) is 1. The molecule has 1 aromatic rings. The Labute approximate surface area is 113 Å². The van der Waals surface area contributed by atoms with E-state index in [1.807, 2.05) is 17.9 Å². The molecular weight excluding hydrogens is 242 g/mol. The molecule has 0 unspecified atom stereocenters. The minimum Gasteiger partial charge on any atom is -0.395 e. The molecule has 5 nitrogen and oxygen atoms in total. The summed E-state index contributed by atoms with van der Waals surface area (Å²) in [5.41, 5.74) is 1.47. The predicted molar refractivity (Wildman–Crippen MR) is 73.0 cm³/mol. The number of aromatic nitrogens is 1. The first-order chi connectivity index (χ1) is 9.22. The van der Waals surface area contributed by atoms with Gasteiger partial charge in [-0.15, -0.1) is 0 Å². The van der Waals surface area contributed by atoms with Gasteiger partial charge in [-0.2, -0.15) is 0 Å². The molecule has 1 fully saturated rings. The van der Waals surface area contributed by atoms with Crippen LogP contribution in [-0.2, 0) is 0 Å². The Balaban J connectivity index is 2.02. The largest absolute Gasteiger partial charge is 0.395 e. The number of aliphatic hydroxyl groups excluding tert-OH is 1. The minimum absolute atomic E-state index is 0.0662. The van der Waals surface area contributed by atoms with E-state index in [1.165, 1.54) is 0 Å². The molecule has 2 rings (SSSR count). The quantitative estimate of drug-likeness (QED) is 0.864. The third-order valence-electron chi connectivity index (χ3n) is 3.53. The van der Waals surface area contributed by atoms with Crippen LogP contribution in [0.3, 0.4) is 0 Å². The number of pyridine rings is 1. The van der Waals surface area contributed by atoms with E-state index in [4.69, 9.17) is 5.11 Å². The van der Waals surface area contributed by atoms with Crippen molar-refractivity contribution in [3.05, 3.63) is 29.6 Å². The average molecular weight is 263 g/mol. The summed E-state index contributed by atoms with van der Waals surface area (Å²) in [4.78, 5) is 20.7. The van der Waals surface area contributed by atoms with E-state index in [2.05, 4.69) is 9.88 Å². The van der Waals surface area contributed by atoms with Crippen molar-refractivity contribution >= 4 is 5.91 Å². The first-order valence-corrected chi connectivity index (χ1v) is 6.76. The van der Waals surface area contributed by atoms with E-state index in [0.29, 0.717) is 18.7 Å². The normalized spacial score (nSPS) is 17.3. The van der Waals surface area contributed by atoms with Crippen LogP contribution in [0.4, 0.5) is 0 Å². The van der Waals surface area contributed by atoms with Crippen LogP contribution in [0.5, 0.6) is 0 Å². The number of rotatable bonds is 3. The number of carbonyl (C=O) groups excluding carboxylic acids is 1. The SMILES string of the molecule is Cc1ncccc1C(=O)N1CCCN(CCO)CC1. The van der Waals surface area contributed by atoms with Gasteiger partial charge in [0, 0.05) is 38.1 Å². The summed E-state index contributed by atoms with van der Waals surface area (Å²) in [7, 11) is 0. The van der Waals surface area contributed by atoms with Crippen LogP contribution in [-0.4, -0.2) is 65.1 Å². The number of hydrogen-bond donors (Lipinski definition) is 1. The number of amides is 1. The second kappa shape index (κ2) is 6.63. The number of nitrogens with zero attached hydrogens (tertiary/aromatic N) is 3. The molecule has 104 valence electrons. The van der Waals surface area contributed by atoms with E-state index in [1.54, 1.807) is 12.3 Å².